The smallest absolute Gasteiger partial charge is 0.174 e. The monoisotopic (exact) mass is 368 g/mol. The summed E-state index contributed by atoms with van der Waals surface area (Å²) in [4.78, 5) is 17.4. The molecule has 136 valence electrons. The minimum Gasteiger partial charge on any atom is -0.383 e. The summed E-state index contributed by atoms with van der Waals surface area (Å²) >= 11 is 1.49. The number of rotatable bonds is 7. The van der Waals surface area contributed by atoms with Gasteiger partial charge in [-0.25, -0.2) is 4.98 Å². The van der Waals surface area contributed by atoms with Gasteiger partial charge in [0, 0.05) is 29.4 Å². The summed E-state index contributed by atoms with van der Waals surface area (Å²) in [6.45, 7) is 6.77. The standard InChI is InChI=1S/C21H24N2O2S/c1-14-11-18(16(3)23(14)15(2)12-25-4)20(24)13-26-21-10-9-17-7-5-6-8-19(17)22-21/h5-11,15H,12-13H2,1-4H3. The molecule has 0 aliphatic heterocycles. The van der Waals surface area contributed by atoms with E-state index in [1.165, 1.54) is 11.8 Å². The van der Waals surface area contributed by atoms with Crippen molar-refractivity contribution in [1.29, 1.82) is 0 Å². The van der Waals surface area contributed by atoms with Crippen LogP contribution in [0.15, 0.2) is 47.5 Å². The minimum atomic E-state index is 0.133. The van der Waals surface area contributed by atoms with E-state index in [0.29, 0.717) is 12.4 Å². The number of fused-ring (bicyclic) bond motifs is 1. The summed E-state index contributed by atoms with van der Waals surface area (Å²) in [5.74, 6) is 0.516. The molecule has 0 N–H and O–H groups in total. The van der Waals surface area contributed by atoms with Crippen molar-refractivity contribution in [2.45, 2.75) is 31.8 Å². The molecule has 0 fully saturated rings. The number of Topliss-reactive ketones (excluding diaryl/α,β-unsaturated/α-hetero) is 1. The molecule has 3 rings (SSSR count). The second-order valence-corrected chi connectivity index (χ2v) is 7.51. The number of benzene rings is 1. The maximum Gasteiger partial charge on any atom is 0.174 e. The molecule has 0 spiro atoms. The van der Waals surface area contributed by atoms with Crippen LogP contribution in [0.1, 0.15) is 34.7 Å². The van der Waals surface area contributed by atoms with Gasteiger partial charge in [-0.05, 0) is 39.0 Å². The summed E-state index contributed by atoms with van der Waals surface area (Å²) in [7, 11) is 1.70. The van der Waals surface area contributed by atoms with Crippen LogP contribution in [-0.4, -0.2) is 34.8 Å². The number of aromatic nitrogens is 2. The number of carbonyl (C=O) groups excluding carboxylic acids is 1. The lowest BCUT2D eigenvalue weighted by Gasteiger charge is -2.17. The summed E-state index contributed by atoms with van der Waals surface area (Å²) in [6, 6.07) is 14.2. The molecule has 1 aromatic carbocycles. The van der Waals surface area contributed by atoms with E-state index in [1.54, 1.807) is 7.11 Å². The highest BCUT2D eigenvalue weighted by Gasteiger charge is 2.19. The Bertz CT molecular complexity index is 933. The van der Waals surface area contributed by atoms with Crippen molar-refractivity contribution in [3.05, 3.63) is 59.4 Å². The lowest BCUT2D eigenvalue weighted by atomic mass is 10.2. The average molecular weight is 369 g/mol. The maximum atomic E-state index is 12.8. The first kappa shape index (κ1) is 18.7. The van der Waals surface area contributed by atoms with E-state index in [-0.39, 0.29) is 11.8 Å². The second kappa shape index (κ2) is 8.06. The van der Waals surface area contributed by atoms with E-state index in [2.05, 4.69) is 16.5 Å². The zero-order chi connectivity index (χ0) is 18.7. The SMILES string of the molecule is COCC(C)n1c(C)cc(C(=O)CSc2ccc3ccccc3n2)c1C. The van der Waals surface area contributed by atoms with Crippen molar-refractivity contribution in [3.8, 4) is 0 Å². The fourth-order valence-corrected chi connectivity index (χ4v) is 4.16. The van der Waals surface area contributed by atoms with E-state index in [9.17, 15) is 4.79 Å². The summed E-state index contributed by atoms with van der Waals surface area (Å²) in [5, 5.41) is 1.98. The van der Waals surface area contributed by atoms with Crippen LogP contribution in [0.5, 0.6) is 0 Å². The minimum absolute atomic E-state index is 0.133. The van der Waals surface area contributed by atoms with Gasteiger partial charge in [-0.3, -0.25) is 4.79 Å². The lowest BCUT2D eigenvalue weighted by Crippen LogP contribution is -2.14. The predicted octanol–water partition coefficient (Wildman–Crippen LogP) is 4.84. The third-order valence-electron chi connectivity index (χ3n) is 4.56. The predicted molar refractivity (Wildman–Crippen MR) is 107 cm³/mol. The first-order valence-electron chi connectivity index (χ1n) is 8.70. The molecule has 3 aromatic rings. The van der Waals surface area contributed by atoms with E-state index in [4.69, 9.17) is 4.74 Å². The van der Waals surface area contributed by atoms with Gasteiger partial charge in [-0.2, -0.15) is 0 Å². The fourth-order valence-electron chi connectivity index (χ4n) is 3.40. The second-order valence-electron chi connectivity index (χ2n) is 6.51. The summed E-state index contributed by atoms with van der Waals surface area (Å²) in [5.41, 5.74) is 3.84. The molecule has 0 aliphatic carbocycles. The Morgan fingerprint density at radius 2 is 2.00 bits per heavy atom. The van der Waals surface area contributed by atoms with E-state index in [0.717, 1.165) is 32.9 Å². The van der Waals surface area contributed by atoms with Crippen molar-refractivity contribution in [2.24, 2.45) is 0 Å². The number of hydrogen-bond acceptors (Lipinski definition) is 4. The number of nitrogens with zero attached hydrogens (tertiary/aromatic N) is 2. The number of para-hydroxylation sites is 1. The topological polar surface area (TPSA) is 44.1 Å². The van der Waals surface area contributed by atoms with Gasteiger partial charge in [0.15, 0.2) is 5.78 Å². The first-order chi connectivity index (χ1) is 12.5. The number of thioether (sulfide) groups is 1. The Kier molecular flexibility index (Phi) is 5.79. The Morgan fingerprint density at radius 3 is 2.77 bits per heavy atom. The van der Waals surface area contributed by atoms with Crippen LogP contribution < -0.4 is 0 Å². The highest BCUT2D eigenvalue weighted by atomic mass is 32.2. The van der Waals surface area contributed by atoms with Crippen molar-refractivity contribution in [1.82, 2.24) is 9.55 Å². The highest BCUT2D eigenvalue weighted by Crippen LogP contribution is 2.25. The molecule has 0 bridgehead atoms. The molecule has 0 saturated heterocycles. The van der Waals surface area contributed by atoms with Gasteiger partial charge < -0.3 is 9.30 Å². The molecule has 0 saturated carbocycles. The molecular formula is C21H24N2O2S. The van der Waals surface area contributed by atoms with Crippen LogP contribution >= 0.6 is 11.8 Å². The third-order valence-corrected chi connectivity index (χ3v) is 5.49. The van der Waals surface area contributed by atoms with Gasteiger partial charge in [-0.1, -0.05) is 36.0 Å². The Morgan fingerprint density at radius 1 is 1.23 bits per heavy atom. The third kappa shape index (κ3) is 3.84. The Balaban J connectivity index is 1.74. The zero-order valence-electron chi connectivity index (χ0n) is 15.7. The Hall–Kier alpha value is -2.11. The highest BCUT2D eigenvalue weighted by molar-refractivity contribution is 7.99. The largest absolute Gasteiger partial charge is 0.383 e. The van der Waals surface area contributed by atoms with E-state index < -0.39 is 0 Å². The average Bonchev–Trinajstić information content (AvgIpc) is 2.94. The summed E-state index contributed by atoms with van der Waals surface area (Å²) in [6.07, 6.45) is 0. The molecule has 0 amide bonds. The van der Waals surface area contributed by atoms with Gasteiger partial charge in [0.25, 0.3) is 0 Å². The quantitative estimate of drug-likeness (QED) is 0.442. The fraction of sp³-hybridized carbons (Fsp3) is 0.333. The first-order valence-corrected chi connectivity index (χ1v) is 9.69. The van der Waals surface area contributed by atoms with Gasteiger partial charge in [0.2, 0.25) is 0 Å². The van der Waals surface area contributed by atoms with Crippen LogP contribution in [0.3, 0.4) is 0 Å². The van der Waals surface area contributed by atoms with Gasteiger partial charge >= 0.3 is 0 Å². The molecule has 5 heteroatoms. The van der Waals surface area contributed by atoms with E-state index >= 15 is 0 Å². The zero-order valence-corrected chi connectivity index (χ0v) is 16.5. The number of aryl methyl sites for hydroxylation is 1. The molecule has 26 heavy (non-hydrogen) atoms. The maximum absolute atomic E-state index is 12.8. The molecule has 0 aliphatic rings. The van der Waals surface area contributed by atoms with Crippen LogP contribution in [0.25, 0.3) is 10.9 Å². The van der Waals surface area contributed by atoms with Crippen LogP contribution in [0.4, 0.5) is 0 Å². The van der Waals surface area contributed by atoms with Gasteiger partial charge in [-0.15, -0.1) is 0 Å². The number of ketones is 1. The molecule has 1 unspecified atom stereocenters. The molecule has 4 nitrogen and oxygen atoms in total. The molecule has 2 aromatic heterocycles. The number of methoxy groups -OCH3 is 1. The van der Waals surface area contributed by atoms with Crippen molar-refractivity contribution in [2.75, 3.05) is 19.5 Å². The van der Waals surface area contributed by atoms with Crippen molar-refractivity contribution in [3.63, 3.8) is 0 Å². The van der Waals surface area contributed by atoms with E-state index in [1.807, 2.05) is 56.3 Å². The normalized spacial score (nSPS) is 12.5. The number of pyridine rings is 1. The van der Waals surface area contributed by atoms with Crippen molar-refractivity contribution >= 4 is 28.4 Å². The molecular weight excluding hydrogens is 344 g/mol. The van der Waals surface area contributed by atoms with Gasteiger partial charge in [0.1, 0.15) is 0 Å². The Labute approximate surface area is 158 Å². The summed E-state index contributed by atoms with van der Waals surface area (Å²) < 4.78 is 7.44. The molecule has 1 atom stereocenters. The number of hydrogen-bond donors (Lipinski definition) is 0. The number of carbonyl (C=O) groups is 1. The van der Waals surface area contributed by atoms with Crippen LogP contribution in [0.2, 0.25) is 0 Å². The molecule has 2 heterocycles. The van der Waals surface area contributed by atoms with Gasteiger partial charge in [0.05, 0.1) is 28.9 Å². The van der Waals surface area contributed by atoms with Crippen LogP contribution in [0, 0.1) is 13.8 Å². The lowest BCUT2D eigenvalue weighted by molar-refractivity contribution is 0.102. The van der Waals surface area contributed by atoms with Crippen LogP contribution in [-0.2, 0) is 4.74 Å². The number of ether oxygens (including phenoxy) is 1. The molecule has 0 radical (unpaired) electrons. The van der Waals surface area contributed by atoms with Crippen molar-refractivity contribution < 1.29 is 9.53 Å².